The van der Waals surface area contributed by atoms with Crippen molar-refractivity contribution in [3.8, 4) is 0 Å². The summed E-state index contributed by atoms with van der Waals surface area (Å²) in [6.45, 7) is 2.58. The van der Waals surface area contributed by atoms with E-state index in [9.17, 15) is 4.79 Å². The maximum Gasteiger partial charge on any atom is 0.342 e. The fourth-order valence-electron chi connectivity index (χ4n) is 1.31. The average molecular weight is 347 g/mol. The van der Waals surface area contributed by atoms with Crippen LogP contribution in [0.1, 0.15) is 23.0 Å². The van der Waals surface area contributed by atoms with Crippen LogP contribution in [0.15, 0.2) is 23.0 Å². The van der Waals surface area contributed by atoms with Gasteiger partial charge in [-0.1, -0.05) is 5.16 Å². The highest BCUT2D eigenvalue weighted by Crippen LogP contribution is 2.12. The first-order valence-electron chi connectivity index (χ1n) is 5.00. The van der Waals surface area contributed by atoms with E-state index in [4.69, 9.17) is 9.26 Å². The molecule has 0 radical (unpaired) electrons. The lowest BCUT2D eigenvalue weighted by Gasteiger charge is -1.97. The van der Waals surface area contributed by atoms with E-state index in [0.29, 0.717) is 22.4 Å². The Bertz CT molecular complexity index is 507. The molecule has 2 heterocycles. The molecule has 0 aromatic carbocycles. The first kappa shape index (κ1) is 12.1. The van der Waals surface area contributed by atoms with Crippen molar-refractivity contribution in [1.82, 2.24) is 14.9 Å². The van der Waals surface area contributed by atoms with Gasteiger partial charge < -0.3 is 9.26 Å². The Hall–Kier alpha value is -1.38. The molecule has 2 aromatic heterocycles. The number of carbonyl (C=O) groups excluding carboxylic acids is 1. The molecule has 2 aromatic rings. The van der Waals surface area contributed by atoms with Crippen molar-refractivity contribution in [2.24, 2.45) is 0 Å². The molecule has 0 aliphatic carbocycles. The number of esters is 1. The van der Waals surface area contributed by atoms with Crippen molar-refractivity contribution < 1.29 is 14.1 Å². The molecule has 7 heteroatoms. The van der Waals surface area contributed by atoms with E-state index >= 15 is 0 Å². The van der Waals surface area contributed by atoms with Crippen LogP contribution >= 0.6 is 22.6 Å². The van der Waals surface area contributed by atoms with Crippen LogP contribution in [0.2, 0.25) is 0 Å². The van der Waals surface area contributed by atoms with Crippen LogP contribution in [0.4, 0.5) is 0 Å². The minimum atomic E-state index is -0.358. The zero-order valence-corrected chi connectivity index (χ0v) is 11.2. The van der Waals surface area contributed by atoms with E-state index in [-0.39, 0.29) is 5.97 Å². The Kier molecular flexibility index (Phi) is 3.77. The smallest absolute Gasteiger partial charge is 0.342 e. The standard InChI is InChI=1S/C10H10IN3O3/c1-2-16-10(15)8-6-14(12-9(8)11)5-7-3-4-17-13-7/h3-4,6H,2,5H2,1H3. The third-order valence-corrected chi connectivity index (χ3v) is 2.82. The van der Waals surface area contributed by atoms with E-state index in [1.165, 1.54) is 6.26 Å². The highest BCUT2D eigenvalue weighted by molar-refractivity contribution is 14.1. The first-order valence-corrected chi connectivity index (χ1v) is 6.08. The van der Waals surface area contributed by atoms with Crippen LogP contribution in [0.25, 0.3) is 0 Å². The van der Waals surface area contributed by atoms with Gasteiger partial charge in [0.05, 0.1) is 13.2 Å². The highest BCUT2D eigenvalue weighted by Gasteiger charge is 2.15. The number of rotatable bonds is 4. The molecule has 0 spiro atoms. The summed E-state index contributed by atoms with van der Waals surface area (Å²) in [6, 6.07) is 1.75. The summed E-state index contributed by atoms with van der Waals surface area (Å²) in [5, 5.41) is 7.99. The van der Waals surface area contributed by atoms with E-state index in [2.05, 4.69) is 10.3 Å². The lowest BCUT2D eigenvalue weighted by atomic mass is 10.4. The zero-order valence-electron chi connectivity index (χ0n) is 9.09. The maximum absolute atomic E-state index is 11.6. The second-order valence-electron chi connectivity index (χ2n) is 3.24. The highest BCUT2D eigenvalue weighted by atomic mass is 127. The molecule has 0 N–H and O–H groups in total. The van der Waals surface area contributed by atoms with Gasteiger partial charge in [-0.2, -0.15) is 5.10 Å². The second-order valence-corrected chi connectivity index (χ2v) is 4.26. The van der Waals surface area contributed by atoms with Crippen molar-refractivity contribution in [1.29, 1.82) is 0 Å². The summed E-state index contributed by atoms with van der Waals surface area (Å²) >= 11 is 2.00. The van der Waals surface area contributed by atoms with E-state index in [1.807, 2.05) is 22.6 Å². The Morgan fingerprint density at radius 3 is 3.12 bits per heavy atom. The van der Waals surface area contributed by atoms with Crippen molar-refractivity contribution in [3.05, 3.63) is 33.5 Å². The van der Waals surface area contributed by atoms with Crippen molar-refractivity contribution in [3.63, 3.8) is 0 Å². The molecule has 17 heavy (non-hydrogen) atoms. The number of hydrogen-bond donors (Lipinski definition) is 0. The number of nitrogens with zero attached hydrogens (tertiary/aromatic N) is 3. The largest absolute Gasteiger partial charge is 0.462 e. The normalized spacial score (nSPS) is 10.5. The van der Waals surface area contributed by atoms with Crippen LogP contribution in [0.5, 0.6) is 0 Å². The van der Waals surface area contributed by atoms with Gasteiger partial charge in [-0.05, 0) is 29.5 Å². The fourth-order valence-corrected chi connectivity index (χ4v) is 1.95. The quantitative estimate of drug-likeness (QED) is 0.622. The van der Waals surface area contributed by atoms with Gasteiger partial charge in [-0.3, -0.25) is 4.68 Å². The van der Waals surface area contributed by atoms with Gasteiger partial charge >= 0.3 is 5.97 Å². The van der Waals surface area contributed by atoms with Gasteiger partial charge in [0.1, 0.15) is 21.2 Å². The van der Waals surface area contributed by atoms with Gasteiger partial charge in [-0.15, -0.1) is 0 Å². The minimum Gasteiger partial charge on any atom is -0.462 e. The molecule has 6 nitrogen and oxygen atoms in total. The van der Waals surface area contributed by atoms with Gasteiger partial charge in [0.2, 0.25) is 0 Å². The zero-order chi connectivity index (χ0) is 12.3. The number of halogens is 1. The Labute approximate surface area is 111 Å². The molecule has 0 saturated carbocycles. The molecule has 0 amide bonds. The van der Waals surface area contributed by atoms with Gasteiger partial charge in [0.25, 0.3) is 0 Å². The van der Waals surface area contributed by atoms with Crippen molar-refractivity contribution >= 4 is 28.6 Å². The molecule has 0 atom stereocenters. The summed E-state index contributed by atoms with van der Waals surface area (Å²) in [6.07, 6.45) is 3.14. The van der Waals surface area contributed by atoms with Crippen LogP contribution in [0, 0.1) is 3.70 Å². The monoisotopic (exact) mass is 347 g/mol. The molecule has 0 aliphatic rings. The van der Waals surface area contributed by atoms with Gasteiger partial charge in [0.15, 0.2) is 0 Å². The third-order valence-electron chi connectivity index (χ3n) is 2.03. The van der Waals surface area contributed by atoms with Crippen molar-refractivity contribution in [2.45, 2.75) is 13.5 Å². The van der Waals surface area contributed by atoms with Crippen molar-refractivity contribution in [2.75, 3.05) is 6.61 Å². The van der Waals surface area contributed by atoms with Crippen LogP contribution in [0.3, 0.4) is 0 Å². The molecule has 2 rings (SSSR count). The van der Waals surface area contributed by atoms with Crippen LogP contribution in [-0.2, 0) is 11.3 Å². The Morgan fingerprint density at radius 1 is 1.65 bits per heavy atom. The molecule has 0 unspecified atom stereocenters. The van der Waals surface area contributed by atoms with Crippen LogP contribution in [-0.4, -0.2) is 27.5 Å². The van der Waals surface area contributed by atoms with Gasteiger partial charge in [-0.25, -0.2) is 4.79 Å². The van der Waals surface area contributed by atoms with Crippen LogP contribution < -0.4 is 0 Å². The predicted molar refractivity (Wildman–Crippen MR) is 66.5 cm³/mol. The SMILES string of the molecule is CCOC(=O)c1cn(Cc2ccon2)nc1I. The molecule has 90 valence electrons. The first-order chi connectivity index (χ1) is 8.20. The maximum atomic E-state index is 11.6. The number of ether oxygens (including phenoxy) is 1. The predicted octanol–water partition coefficient (Wildman–Crippen LogP) is 1.70. The summed E-state index contributed by atoms with van der Waals surface area (Å²) in [7, 11) is 0. The molecular formula is C10H10IN3O3. The molecule has 0 aliphatic heterocycles. The average Bonchev–Trinajstić information content (AvgIpc) is 2.89. The minimum absolute atomic E-state index is 0.351. The Balaban J connectivity index is 2.16. The second kappa shape index (κ2) is 5.30. The molecule has 0 fully saturated rings. The summed E-state index contributed by atoms with van der Waals surface area (Å²) < 4.78 is 11.9. The van der Waals surface area contributed by atoms with Gasteiger partial charge in [0, 0.05) is 12.3 Å². The summed E-state index contributed by atoms with van der Waals surface area (Å²) in [5.41, 5.74) is 1.22. The molecule has 0 saturated heterocycles. The van der Waals surface area contributed by atoms with E-state index in [1.54, 1.807) is 23.9 Å². The fraction of sp³-hybridized carbons (Fsp3) is 0.300. The summed E-state index contributed by atoms with van der Waals surface area (Å²) in [4.78, 5) is 11.6. The van der Waals surface area contributed by atoms with E-state index in [0.717, 1.165) is 5.69 Å². The van der Waals surface area contributed by atoms with E-state index < -0.39 is 0 Å². The number of aromatic nitrogens is 3. The number of carbonyl (C=O) groups is 1. The lowest BCUT2D eigenvalue weighted by molar-refractivity contribution is 0.0525. The Morgan fingerprint density at radius 2 is 2.47 bits per heavy atom. The lowest BCUT2D eigenvalue weighted by Crippen LogP contribution is -2.05. The molecular weight excluding hydrogens is 337 g/mol. The summed E-state index contributed by atoms with van der Waals surface area (Å²) in [5.74, 6) is -0.358. The third kappa shape index (κ3) is 2.84. The molecule has 0 bridgehead atoms. The number of hydrogen-bond acceptors (Lipinski definition) is 5. The topological polar surface area (TPSA) is 70.2 Å².